The highest BCUT2D eigenvalue weighted by Crippen LogP contribution is 2.47. The van der Waals surface area contributed by atoms with Crippen LogP contribution in [0.4, 0.5) is 5.13 Å². The van der Waals surface area contributed by atoms with Crippen LogP contribution in [0.25, 0.3) is 11.0 Å². The molecule has 10 nitrogen and oxygen atoms in total. The van der Waals surface area contributed by atoms with E-state index < -0.39 is 11.9 Å². The fourth-order valence-electron chi connectivity index (χ4n) is 4.34. The fourth-order valence-corrected chi connectivity index (χ4v) is 5.14. The van der Waals surface area contributed by atoms with Crippen LogP contribution in [-0.2, 0) is 6.42 Å². The summed E-state index contributed by atoms with van der Waals surface area (Å²) in [7, 11) is 6.02. The predicted octanol–water partition coefficient (Wildman–Crippen LogP) is 3.99. The molecule has 1 aliphatic heterocycles. The number of hydrogen-bond donors (Lipinski definition) is 0. The van der Waals surface area contributed by atoms with Crippen LogP contribution < -0.4 is 29.3 Å². The van der Waals surface area contributed by atoms with Crippen molar-refractivity contribution >= 4 is 33.3 Å². The molecule has 0 N–H and O–H groups in total. The van der Waals surface area contributed by atoms with Gasteiger partial charge in [-0.05, 0) is 36.2 Å². The van der Waals surface area contributed by atoms with Crippen molar-refractivity contribution in [1.29, 1.82) is 0 Å². The van der Waals surface area contributed by atoms with Crippen LogP contribution in [0.15, 0.2) is 39.5 Å². The zero-order chi connectivity index (χ0) is 25.6. The normalized spacial score (nSPS) is 14.8. The average Bonchev–Trinajstić information content (AvgIpc) is 3.49. The molecule has 3 heterocycles. The van der Waals surface area contributed by atoms with Gasteiger partial charge >= 0.3 is 0 Å². The Morgan fingerprint density at radius 1 is 0.972 bits per heavy atom. The third-order valence-corrected chi connectivity index (χ3v) is 7.11. The third kappa shape index (κ3) is 3.54. The second-order valence-corrected chi connectivity index (χ2v) is 8.94. The first-order chi connectivity index (χ1) is 17.4. The summed E-state index contributed by atoms with van der Waals surface area (Å²) in [6.07, 6.45) is 0.655. The first kappa shape index (κ1) is 23.6. The van der Waals surface area contributed by atoms with Gasteiger partial charge in [-0.25, -0.2) is 0 Å². The van der Waals surface area contributed by atoms with Gasteiger partial charge in [0, 0.05) is 6.07 Å². The molecule has 2 aromatic heterocycles. The minimum atomic E-state index is -0.860. The van der Waals surface area contributed by atoms with E-state index in [-0.39, 0.29) is 22.3 Å². The Morgan fingerprint density at radius 2 is 1.69 bits per heavy atom. The fraction of sp³-hybridized carbons (Fsp3) is 0.280. The largest absolute Gasteiger partial charge is 0.497 e. The van der Waals surface area contributed by atoms with Crippen LogP contribution >= 0.6 is 11.3 Å². The molecule has 11 heteroatoms. The molecule has 4 aromatic rings. The lowest BCUT2D eigenvalue weighted by Gasteiger charge is -2.24. The highest BCUT2D eigenvalue weighted by Gasteiger charge is 2.45. The van der Waals surface area contributed by atoms with Crippen LogP contribution in [-0.4, -0.2) is 44.5 Å². The summed E-state index contributed by atoms with van der Waals surface area (Å²) < 4.78 is 27.8. The minimum Gasteiger partial charge on any atom is -0.497 e. The van der Waals surface area contributed by atoms with Gasteiger partial charge in [-0.3, -0.25) is 14.5 Å². The molecule has 0 bridgehead atoms. The number of aromatic nitrogens is 2. The SMILES string of the molecule is CCc1nnc(N2C(=O)c3oc4cc(OC)ccc4c(=O)c3C2c2cc(OC)c(OC)c(OC)c2)s1. The van der Waals surface area contributed by atoms with E-state index in [2.05, 4.69) is 10.2 Å². The van der Waals surface area contributed by atoms with Crippen molar-refractivity contribution in [2.45, 2.75) is 19.4 Å². The number of nitrogens with zero attached hydrogens (tertiary/aromatic N) is 3. The van der Waals surface area contributed by atoms with E-state index in [1.807, 2.05) is 6.92 Å². The van der Waals surface area contributed by atoms with Crippen molar-refractivity contribution in [3.8, 4) is 23.0 Å². The van der Waals surface area contributed by atoms with Gasteiger partial charge in [0.2, 0.25) is 16.6 Å². The van der Waals surface area contributed by atoms with Gasteiger partial charge in [0.15, 0.2) is 16.9 Å². The van der Waals surface area contributed by atoms with E-state index in [0.29, 0.717) is 45.5 Å². The summed E-state index contributed by atoms with van der Waals surface area (Å²) in [6, 6.07) is 7.44. The Balaban J connectivity index is 1.81. The lowest BCUT2D eigenvalue weighted by atomic mass is 9.97. The number of rotatable bonds is 7. The van der Waals surface area contributed by atoms with Gasteiger partial charge in [-0.1, -0.05) is 18.3 Å². The average molecular weight is 510 g/mol. The molecule has 0 radical (unpaired) electrons. The molecule has 36 heavy (non-hydrogen) atoms. The molecule has 0 saturated heterocycles. The number of fused-ring (bicyclic) bond motifs is 2. The smallest absolute Gasteiger partial charge is 0.297 e. The summed E-state index contributed by atoms with van der Waals surface area (Å²) in [5.41, 5.74) is 0.678. The Labute approximate surface area is 210 Å². The summed E-state index contributed by atoms with van der Waals surface area (Å²) >= 11 is 1.28. The van der Waals surface area contributed by atoms with Gasteiger partial charge in [0.1, 0.15) is 16.3 Å². The second-order valence-electron chi connectivity index (χ2n) is 7.90. The second kappa shape index (κ2) is 9.15. The van der Waals surface area contributed by atoms with Gasteiger partial charge < -0.3 is 23.4 Å². The zero-order valence-corrected chi connectivity index (χ0v) is 21.1. The van der Waals surface area contributed by atoms with E-state index in [9.17, 15) is 9.59 Å². The topological polar surface area (TPSA) is 113 Å². The standard InChI is InChI=1S/C25H23N3O7S/c1-6-18-26-27-25(36-18)28-20(12-9-16(32-3)22(34-5)17(10-12)33-4)19-21(29)14-8-7-13(31-2)11-15(14)35-23(19)24(28)30/h7-11,20H,6H2,1-5H3. The molecule has 2 aromatic carbocycles. The van der Waals surface area contributed by atoms with E-state index >= 15 is 0 Å². The molecule has 1 atom stereocenters. The molecule has 186 valence electrons. The quantitative estimate of drug-likeness (QED) is 0.365. The molecule has 1 amide bonds. The predicted molar refractivity (Wildman–Crippen MR) is 133 cm³/mol. The third-order valence-electron chi connectivity index (χ3n) is 6.05. The van der Waals surface area contributed by atoms with E-state index in [1.165, 1.54) is 44.7 Å². The number of benzene rings is 2. The lowest BCUT2D eigenvalue weighted by Crippen LogP contribution is -2.29. The number of methoxy groups -OCH3 is 4. The lowest BCUT2D eigenvalue weighted by molar-refractivity contribution is 0.0970. The summed E-state index contributed by atoms with van der Waals surface area (Å²) in [6.45, 7) is 1.95. The Morgan fingerprint density at radius 3 is 2.28 bits per heavy atom. The van der Waals surface area contributed by atoms with E-state index in [0.717, 1.165) is 5.01 Å². The van der Waals surface area contributed by atoms with Gasteiger partial charge in [-0.2, -0.15) is 0 Å². The summed E-state index contributed by atoms with van der Waals surface area (Å²) in [4.78, 5) is 29.0. The first-order valence-corrected chi connectivity index (χ1v) is 11.9. The number of carbonyl (C=O) groups excluding carboxylic acids is 1. The molecular formula is C25H23N3O7S. The molecule has 0 aliphatic carbocycles. The maximum Gasteiger partial charge on any atom is 0.297 e. The van der Waals surface area contributed by atoms with Crippen molar-refractivity contribution in [3.05, 3.63) is 62.4 Å². The molecule has 0 fully saturated rings. The number of ether oxygens (including phenoxy) is 4. The minimum absolute atomic E-state index is 0.0623. The van der Waals surface area contributed by atoms with Crippen molar-refractivity contribution in [2.75, 3.05) is 33.3 Å². The summed E-state index contributed by atoms with van der Waals surface area (Å²) in [5.74, 6) is 1.10. The van der Waals surface area contributed by atoms with Crippen LogP contribution in [0.3, 0.4) is 0 Å². The Kier molecular flexibility index (Phi) is 6.00. The number of aryl methyl sites for hydroxylation is 1. The molecule has 1 aliphatic rings. The van der Waals surface area contributed by atoms with Crippen molar-refractivity contribution in [3.63, 3.8) is 0 Å². The summed E-state index contributed by atoms with van der Waals surface area (Å²) in [5, 5.41) is 9.86. The van der Waals surface area contributed by atoms with Crippen LogP contribution in [0.1, 0.15) is 39.7 Å². The zero-order valence-electron chi connectivity index (χ0n) is 20.3. The maximum absolute atomic E-state index is 13.8. The molecule has 5 rings (SSSR count). The maximum atomic E-state index is 13.8. The highest BCUT2D eigenvalue weighted by molar-refractivity contribution is 7.15. The molecule has 0 spiro atoms. The molecule has 0 saturated carbocycles. The van der Waals surface area contributed by atoms with Gasteiger partial charge in [-0.15, -0.1) is 10.2 Å². The van der Waals surface area contributed by atoms with Crippen molar-refractivity contribution in [2.24, 2.45) is 0 Å². The van der Waals surface area contributed by atoms with Crippen molar-refractivity contribution < 1.29 is 28.2 Å². The van der Waals surface area contributed by atoms with E-state index in [4.69, 9.17) is 23.4 Å². The van der Waals surface area contributed by atoms with Crippen LogP contribution in [0, 0.1) is 0 Å². The van der Waals surface area contributed by atoms with Crippen LogP contribution in [0.2, 0.25) is 0 Å². The Bertz CT molecular complexity index is 1520. The van der Waals surface area contributed by atoms with Gasteiger partial charge in [0.25, 0.3) is 5.91 Å². The number of hydrogen-bond acceptors (Lipinski definition) is 10. The Hall–Kier alpha value is -4.12. The molecular weight excluding hydrogens is 486 g/mol. The molecule has 1 unspecified atom stereocenters. The van der Waals surface area contributed by atoms with Gasteiger partial charge in [0.05, 0.1) is 45.4 Å². The first-order valence-electron chi connectivity index (χ1n) is 11.1. The van der Waals surface area contributed by atoms with E-state index in [1.54, 1.807) is 30.3 Å². The monoisotopic (exact) mass is 509 g/mol. The number of amides is 1. The van der Waals surface area contributed by atoms with Crippen LogP contribution in [0.5, 0.6) is 23.0 Å². The highest BCUT2D eigenvalue weighted by atomic mass is 32.1. The number of carbonyl (C=O) groups is 1. The number of anilines is 1. The van der Waals surface area contributed by atoms with Crippen molar-refractivity contribution in [1.82, 2.24) is 10.2 Å².